The summed E-state index contributed by atoms with van der Waals surface area (Å²) >= 11 is 0. The number of furan rings is 1. The first-order valence-corrected chi connectivity index (χ1v) is 6.04. The van der Waals surface area contributed by atoms with E-state index in [4.69, 9.17) is 4.42 Å². The van der Waals surface area contributed by atoms with Gasteiger partial charge in [-0.25, -0.2) is 0 Å². The number of carbonyl (C=O) groups excluding carboxylic acids is 1. The fourth-order valence-electron chi connectivity index (χ4n) is 1.76. The van der Waals surface area contributed by atoms with Crippen LogP contribution in [0.1, 0.15) is 18.4 Å². The van der Waals surface area contributed by atoms with Gasteiger partial charge in [-0.15, -0.1) is 0 Å². The molecule has 0 aliphatic heterocycles. The number of nitrogens with zero attached hydrogens (tertiary/aromatic N) is 2. The Labute approximate surface area is 108 Å². The molecule has 5 heteroatoms. The van der Waals surface area contributed by atoms with Crippen LogP contribution in [0.15, 0.2) is 16.5 Å². The molecular formula is C13H22N2O3. The molecule has 0 saturated heterocycles. The van der Waals surface area contributed by atoms with Crippen LogP contribution in [0.2, 0.25) is 0 Å². The third-order valence-electron chi connectivity index (χ3n) is 2.60. The second-order valence-corrected chi connectivity index (χ2v) is 4.81. The standard InChI is InChI=1S/C13H22N2O3/c1-10(16)7-14(3)9-13(17)15(4)8-12-6-5-11(2)18-12/h5-6,10,16H,7-9H2,1-4H3. The van der Waals surface area contributed by atoms with Crippen molar-refractivity contribution in [2.24, 2.45) is 0 Å². The molecule has 1 atom stereocenters. The van der Waals surface area contributed by atoms with Crippen molar-refractivity contribution in [3.05, 3.63) is 23.7 Å². The second kappa shape index (κ2) is 6.56. The number of hydrogen-bond donors (Lipinski definition) is 1. The Morgan fingerprint density at radius 2 is 2.11 bits per heavy atom. The van der Waals surface area contributed by atoms with E-state index in [2.05, 4.69) is 0 Å². The van der Waals surface area contributed by atoms with Gasteiger partial charge in [0.1, 0.15) is 11.5 Å². The molecule has 0 aliphatic rings. The molecule has 0 radical (unpaired) electrons. The highest BCUT2D eigenvalue weighted by molar-refractivity contribution is 5.77. The zero-order valence-corrected chi connectivity index (χ0v) is 11.5. The number of hydrogen-bond acceptors (Lipinski definition) is 4. The molecule has 1 aromatic heterocycles. The third kappa shape index (κ3) is 4.89. The number of carbonyl (C=O) groups is 1. The average Bonchev–Trinajstić information content (AvgIpc) is 2.62. The van der Waals surface area contributed by atoms with Crippen LogP contribution in [-0.2, 0) is 11.3 Å². The Morgan fingerprint density at radius 1 is 1.44 bits per heavy atom. The summed E-state index contributed by atoms with van der Waals surface area (Å²) in [4.78, 5) is 15.3. The molecule has 0 spiro atoms. The number of likely N-dealkylation sites (N-methyl/N-ethyl adjacent to an activating group) is 2. The predicted octanol–water partition coefficient (Wildman–Crippen LogP) is 0.859. The summed E-state index contributed by atoms with van der Waals surface area (Å²) in [5.41, 5.74) is 0. The molecule has 1 heterocycles. The fraction of sp³-hybridized carbons (Fsp3) is 0.615. The Morgan fingerprint density at radius 3 is 2.61 bits per heavy atom. The second-order valence-electron chi connectivity index (χ2n) is 4.81. The highest BCUT2D eigenvalue weighted by atomic mass is 16.3. The molecule has 18 heavy (non-hydrogen) atoms. The van der Waals surface area contributed by atoms with Crippen molar-refractivity contribution in [3.63, 3.8) is 0 Å². The molecular weight excluding hydrogens is 232 g/mol. The summed E-state index contributed by atoms with van der Waals surface area (Å²) in [6, 6.07) is 3.76. The van der Waals surface area contributed by atoms with Crippen LogP contribution in [0.4, 0.5) is 0 Å². The van der Waals surface area contributed by atoms with Crippen LogP contribution < -0.4 is 0 Å². The summed E-state index contributed by atoms with van der Waals surface area (Å²) in [7, 11) is 3.56. The topological polar surface area (TPSA) is 56.9 Å². The summed E-state index contributed by atoms with van der Waals surface area (Å²) in [5, 5.41) is 9.23. The smallest absolute Gasteiger partial charge is 0.236 e. The van der Waals surface area contributed by atoms with Gasteiger partial charge in [0.15, 0.2) is 0 Å². The van der Waals surface area contributed by atoms with E-state index < -0.39 is 6.10 Å². The molecule has 5 nitrogen and oxygen atoms in total. The lowest BCUT2D eigenvalue weighted by Crippen LogP contribution is -2.38. The number of rotatable bonds is 6. The van der Waals surface area contributed by atoms with E-state index in [0.717, 1.165) is 11.5 Å². The molecule has 1 rings (SSSR count). The molecule has 0 aliphatic carbocycles. The number of amides is 1. The number of aliphatic hydroxyl groups excluding tert-OH is 1. The van der Waals surface area contributed by atoms with Crippen molar-refractivity contribution < 1.29 is 14.3 Å². The van der Waals surface area contributed by atoms with Gasteiger partial charge >= 0.3 is 0 Å². The molecule has 1 unspecified atom stereocenters. The number of aliphatic hydroxyl groups is 1. The maximum atomic E-state index is 11.9. The minimum atomic E-state index is -0.430. The lowest BCUT2D eigenvalue weighted by molar-refractivity contribution is -0.131. The van der Waals surface area contributed by atoms with Crippen LogP contribution in [0.3, 0.4) is 0 Å². The molecule has 1 amide bonds. The maximum absolute atomic E-state index is 11.9. The monoisotopic (exact) mass is 254 g/mol. The van der Waals surface area contributed by atoms with Gasteiger partial charge in [-0.1, -0.05) is 0 Å². The fourth-order valence-corrected chi connectivity index (χ4v) is 1.76. The van der Waals surface area contributed by atoms with Crippen molar-refractivity contribution in [3.8, 4) is 0 Å². The van der Waals surface area contributed by atoms with Crippen molar-refractivity contribution in [2.45, 2.75) is 26.5 Å². The van der Waals surface area contributed by atoms with E-state index in [9.17, 15) is 9.90 Å². The highest BCUT2D eigenvalue weighted by Crippen LogP contribution is 2.08. The Kier molecular flexibility index (Phi) is 5.37. The van der Waals surface area contributed by atoms with Crippen LogP contribution >= 0.6 is 0 Å². The van der Waals surface area contributed by atoms with Gasteiger partial charge in [0.05, 0.1) is 19.2 Å². The zero-order valence-electron chi connectivity index (χ0n) is 11.5. The van der Waals surface area contributed by atoms with E-state index in [1.807, 2.05) is 26.1 Å². The van der Waals surface area contributed by atoms with Crippen LogP contribution in [0.25, 0.3) is 0 Å². The van der Waals surface area contributed by atoms with Gasteiger partial charge in [0, 0.05) is 13.6 Å². The van der Waals surface area contributed by atoms with Gasteiger partial charge in [-0.3, -0.25) is 9.69 Å². The van der Waals surface area contributed by atoms with Gasteiger partial charge in [0.2, 0.25) is 5.91 Å². The van der Waals surface area contributed by atoms with E-state index in [-0.39, 0.29) is 5.91 Å². The molecule has 0 aromatic carbocycles. The highest BCUT2D eigenvalue weighted by Gasteiger charge is 2.14. The van der Waals surface area contributed by atoms with E-state index >= 15 is 0 Å². The normalized spacial score (nSPS) is 12.8. The predicted molar refractivity (Wildman–Crippen MR) is 69.1 cm³/mol. The summed E-state index contributed by atoms with van der Waals surface area (Å²) in [6.45, 7) is 4.83. The lowest BCUT2D eigenvalue weighted by Gasteiger charge is -2.22. The average molecular weight is 254 g/mol. The Balaban J connectivity index is 2.41. The molecule has 1 aromatic rings. The molecule has 0 fully saturated rings. The molecule has 0 bridgehead atoms. The summed E-state index contributed by atoms with van der Waals surface area (Å²) < 4.78 is 5.43. The van der Waals surface area contributed by atoms with E-state index in [1.165, 1.54) is 0 Å². The molecule has 0 saturated carbocycles. The van der Waals surface area contributed by atoms with Crippen molar-refractivity contribution >= 4 is 5.91 Å². The van der Waals surface area contributed by atoms with Gasteiger partial charge in [-0.05, 0) is 33.0 Å². The Hall–Kier alpha value is -1.33. The first-order valence-electron chi connectivity index (χ1n) is 6.04. The minimum Gasteiger partial charge on any atom is -0.464 e. The number of aryl methyl sites for hydroxylation is 1. The SMILES string of the molecule is Cc1ccc(CN(C)C(=O)CN(C)CC(C)O)o1. The molecule has 102 valence electrons. The van der Waals surface area contributed by atoms with E-state index in [0.29, 0.717) is 19.6 Å². The Bertz CT molecular complexity index is 387. The van der Waals surface area contributed by atoms with Crippen LogP contribution in [0, 0.1) is 6.92 Å². The summed E-state index contributed by atoms with van der Waals surface area (Å²) in [6.07, 6.45) is -0.430. The van der Waals surface area contributed by atoms with E-state index in [1.54, 1.807) is 23.8 Å². The minimum absolute atomic E-state index is 0.00667. The third-order valence-corrected chi connectivity index (χ3v) is 2.60. The summed E-state index contributed by atoms with van der Waals surface area (Å²) in [5.74, 6) is 1.63. The first kappa shape index (κ1) is 14.7. The zero-order chi connectivity index (χ0) is 13.7. The van der Waals surface area contributed by atoms with Crippen LogP contribution in [0.5, 0.6) is 0 Å². The van der Waals surface area contributed by atoms with Crippen molar-refractivity contribution in [2.75, 3.05) is 27.2 Å². The van der Waals surface area contributed by atoms with Crippen LogP contribution in [-0.4, -0.2) is 54.1 Å². The largest absolute Gasteiger partial charge is 0.464 e. The van der Waals surface area contributed by atoms with Gasteiger partial charge < -0.3 is 14.4 Å². The van der Waals surface area contributed by atoms with Crippen molar-refractivity contribution in [1.29, 1.82) is 0 Å². The van der Waals surface area contributed by atoms with Gasteiger partial charge in [-0.2, -0.15) is 0 Å². The quantitative estimate of drug-likeness (QED) is 0.818. The molecule has 1 N–H and O–H groups in total. The van der Waals surface area contributed by atoms with Gasteiger partial charge in [0.25, 0.3) is 0 Å². The van der Waals surface area contributed by atoms with Crippen molar-refractivity contribution in [1.82, 2.24) is 9.80 Å². The lowest BCUT2D eigenvalue weighted by atomic mass is 10.3. The first-order chi connectivity index (χ1) is 8.38. The maximum Gasteiger partial charge on any atom is 0.236 e.